The maximum absolute atomic E-state index is 3.81. The summed E-state index contributed by atoms with van der Waals surface area (Å²) in [6.07, 6.45) is 2.00. The molecule has 0 saturated carbocycles. The minimum Gasteiger partial charge on any atom is -0.314 e. The molecule has 0 aliphatic carbocycles. The van der Waals surface area contributed by atoms with E-state index in [4.69, 9.17) is 0 Å². The van der Waals surface area contributed by atoms with Crippen molar-refractivity contribution in [3.05, 3.63) is 12.7 Å². The van der Waals surface area contributed by atoms with Gasteiger partial charge in [-0.05, 0) is 14.0 Å². The Morgan fingerprint density at radius 1 is 1.50 bits per heavy atom. The molecular formula is C11H23N3. The van der Waals surface area contributed by atoms with Crippen molar-refractivity contribution in [3.8, 4) is 0 Å². The molecule has 3 nitrogen and oxygen atoms in total. The molecule has 0 aromatic carbocycles. The number of rotatable bonds is 5. The molecule has 1 heterocycles. The Hall–Kier alpha value is -0.380. The maximum atomic E-state index is 3.81. The smallest absolute Gasteiger partial charge is 0.0244 e. The van der Waals surface area contributed by atoms with Gasteiger partial charge in [0.25, 0.3) is 0 Å². The first-order chi connectivity index (χ1) is 6.74. The second-order valence-corrected chi connectivity index (χ2v) is 4.05. The first-order valence-electron chi connectivity index (χ1n) is 5.50. The number of piperazine rings is 1. The summed E-state index contributed by atoms with van der Waals surface area (Å²) < 4.78 is 0. The molecule has 1 aliphatic rings. The van der Waals surface area contributed by atoms with E-state index in [0.29, 0.717) is 6.04 Å². The summed E-state index contributed by atoms with van der Waals surface area (Å²) in [6, 6.07) is 0.484. The van der Waals surface area contributed by atoms with Crippen LogP contribution in [-0.4, -0.2) is 62.2 Å². The van der Waals surface area contributed by atoms with Gasteiger partial charge in [-0.3, -0.25) is 9.80 Å². The first-order valence-corrected chi connectivity index (χ1v) is 5.50. The lowest BCUT2D eigenvalue weighted by molar-refractivity contribution is 0.195. The summed E-state index contributed by atoms with van der Waals surface area (Å²) in [5.74, 6) is 0. The molecule has 0 aromatic heterocycles. The van der Waals surface area contributed by atoms with Gasteiger partial charge in [-0.25, -0.2) is 0 Å². The number of hydrogen-bond donors (Lipinski definition) is 1. The molecule has 1 saturated heterocycles. The zero-order valence-electron chi connectivity index (χ0n) is 9.50. The van der Waals surface area contributed by atoms with Crippen molar-refractivity contribution in [2.75, 3.05) is 46.3 Å². The van der Waals surface area contributed by atoms with Crippen LogP contribution in [0.5, 0.6) is 0 Å². The Kier molecular flexibility index (Phi) is 5.15. The van der Waals surface area contributed by atoms with Crippen molar-refractivity contribution in [2.45, 2.75) is 13.0 Å². The molecule has 1 unspecified atom stereocenters. The van der Waals surface area contributed by atoms with Crippen molar-refractivity contribution in [1.82, 2.24) is 15.1 Å². The van der Waals surface area contributed by atoms with Crippen LogP contribution in [0.25, 0.3) is 0 Å². The third-order valence-corrected chi connectivity index (χ3v) is 3.01. The highest BCUT2D eigenvalue weighted by Gasteiger charge is 2.11. The second-order valence-electron chi connectivity index (χ2n) is 4.05. The van der Waals surface area contributed by atoms with Crippen LogP contribution in [0.2, 0.25) is 0 Å². The van der Waals surface area contributed by atoms with Crippen LogP contribution < -0.4 is 5.32 Å². The molecule has 0 amide bonds. The van der Waals surface area contributed by atoms with E-state index in [2.05, 4.69) is 35.7 Å². The fourth-order valence-electron chi connectivity index (χ4n) is 1.62. The molecule has 1 aliphatic heterocycles. The Bertz CT molecular complexity index is 164. The minimum atomic E-state index is 0.484. The SMILES string of the molecule is C=CC(C)N(C)CCN1CCNCC1. The van der Waals surface area contributed by atoms with Crippen molar-refractivity contribution in [2.24, 2.45) is 0 Å². The fourth-order valence-corrected chi connectivity index (χ4v) is 1.62. The summed E-state index contributed by atoms with van der Waals surface area (Å²) in [7, 11) is 2.16. The molecule has 1 rings (SSSR count). The third-order valence-electron chi connectivity index (χ3n) is 3.01. The van der Waals surface area contributed by atoms with E-state index < -0.39 is 0 Å². The van der Waals surface area contributed by atoms with Crippen LogP contribution in [-0.2, 0) is 0 Å². The highest BCUT2D eigenvalue weighted by atomic mass is 15.2. The highest BCUT2D eigenvalue weighted by Crippen LogP contribution is 1.98. The van der Waals surface area contributed by atoms with Gasteiger partial charge in [-0.2, -0.15) is 0 Å². The van der Waals surface area contributed by atoms with Gasteiger partial charge in [0.05, 0.1) is 0 Å². The lowest BCUT2D eigenvalue weighted by Gasteiger charge is -2.30. The van der Waals surface area contributed by atoms with Gasteiger partial charge >= 0.3 is 0 Å². The van der Waals surface area contributed by atoms with Gasteiger partial charge in [-0.15, -0.1) is 6.58 Å². The molecule has 1 fully saturated rings. The topological polar surface area (TPSA) is 18.5 Å². The van der Waals surface area contributed by atoms with Crippen LogP contribution in [0, 0.1) is 0 Å². The molecule has 14 heavy (non-hydrogen) atoms. The predicted molar refractivity (Wildman–Crippen MR) is 61.6 cm³/mol. The van der Waals surface area contributed by atoms with E-state index >= 15 is 0 Å². The quantitative estimate of drug-likeness (QED) is 0.644. The first kappa shape index (κ1) is 11.7. The van der Waals surface area contributed by atoms with Crippen molar-refractivity contribution < 1.29 is 0 Å². The Labute approximate surface area is 87.8 Å². The fraction of sp³-hybridized carbons (Fsp3) is 0.818. The molecular weight excluding hydrogens is 174 g/mol. The molecule has 0 aromatic rings. The van der Waals surface area contributed by atoms with E-state index in [9.17, 15) is 0 Å². The van der Waals surface area contributed by atoms with Crippen LogP contribution in [0.15, 0.2) is 12.7 Å². The Morgan fingerprint density at radius 2 is 2.14 bits per heavy atom. The molecule has 0 spiro atoms. The normalized spacial score (nSPS) is 21.1. The molecule has 1 N–H and O–H groups in total. The summed E-state index contributed by atoms with van der Waals surface area (Å²) in [5, 5.41) is 3.36. The number of hydrogen-bond acceptors (Lipinski definition) is 3. The van der Waals surface area contributed by atoms with Gasteiger partial charge < -0.3 is 5.32 Å². The standard InChI is InChI=1S/C11H23N3/c1-4-11(2)13(3)9-10-14-7-5-12-6-8-14/h4,11-12H,1,5-10H2,2-3H3. The average Bonchev–Trinajstić information content (AvgIpc) is 2.26. The van der Waals surface area contributed by atoms with Gasteiger partial charge in [0.2, 0.25) is 0 Å². The number of nitrogens with zero attached hydrogens (tertiary/aromatic N) is 2. The summed E-state index contributed by atoms with van der Waals surface area (Å²) in [5.41, 5.74) is 0. The second kappa shape index (κ2) is 6.17. The maximum Gasteiger partial charge on any atom is 0.0244 e. The zero-order valence-corrected chi connectivity index (χ0v) is 9.50. The zero-order chi connectivity index (χ0) is 10.4. The number of likely N-dealkylation sites (N-methyl/N-ethyl adjacent to an activating group) is 1. The van der Waals surface area contributed by atoms with Crippen molar-refractivity contribution >= 4 is 0 Å². The molecule has 3 heteroatoms. The summed E-state index contributed by atoms with van der Waals surface area (Å²) in [6.45, 7) is 13.0. The van der Waals surface area contributed by atoms with E-state index in [-0.39, 0.29) is 0 Å². The number of nitrogens with one attached hydrogen (secondary N) is 1. The average molecular weight is 197 g/mol. The third kappa shape index (κ3) is 3.78. The van der Waals surface area contributed by atoms with Gasteiger partial charge in [-0.1, -0.05) is 6.08 Å². The van der Waals surface area contributed by atoms with Crippen molar-refractivity contribution in [1.29, 1.82) is 0 Å². The van der Waals surface area contributed by atoms with E-state index in [1.54, 1.807) is 0 Å². The summed E-state index contributed by atoms with van der Waals surface area (Å²) >= 11 is 0. The predicted octanol–water partition coefficient (Wildman–Crippen LogP) is 0.398. The van der Waals surface area contributed by atoms with E-state index in [0.717, 1.165) is 19.6 Å². The summed E-state index contributed by atoms with van der Waals surface area (Å²) in [4.78, 5) is 4.86. The van der Waals surface area contributed by atoms with Crippen LogP contribution >= 0.6 is 0 Å². The minimum absolute atomic E-state index is 0.484. The monoisotopic (exact) mass is 197 g/mol. The van der Waals surface area contributed by atoms with Gasteiger partial charge in [0.1, 0.15) is 0 Å². The van der Waals surface area contributed by atoms with Crippen LogP contribution in [0.3, 0.4) is 0 Å². The van der Waals surface area contributed by atoms with Gasteiger partial charge in [0.15, 0.2) is 0 Å². The van der Waals surface area contributed by atoms with Crippen LogP contribution in [0.4, 0.5) is 0 Å². The Balaban J connectivity index is 2.15. The highest BCUT2D eigenvalue weighted by molar-refractivity contribution is 4.82. The largest absolute Gasteiger partial charge is 0.314 e. The van der Waals surface area contributed by atoms with Crippen LogP contribution in [0.1, 0.15) is 6.92 Å². The Morgan fingerprint density at radius 3 is 2.71 bits per heavy atom. The molecule has 0 bridgehead atoms. The van der Waals surface area contributed by atoms with Gasteiger partial charge in [0, 0.05) is 45.3 Å². The molecule has 1 atom stereocenters. The molecule has 82 valence electrons. The van der Waals surface area contributed by atoms with E-state index in [1.165, 1.54) is 19.6 Å². The lowest BCUT2D eigenvalue weighted by Crippen LogP contribution is -2.46. The molecule has 0 radical (unpaired) electrons. The van der Waals surface area contributed by atoms with Crippen molar-refractivity contribution in [3.63, 3.8) is 0 Å². The van der Waals surface area contributed by atoms with E-state index in [1.807, 2.05) is 6.08 Å². The lowest BCUT2D eigenvalue weighted by atomic mass is 10.3.